The Morgan fingerprint density at radius 3 is 1.68 bits per heavy atom. The maximum atomic E-state index is 15.2. The molecule has 0 bridgehead atoms. The van der Waals surface area contributed by atoms with Crippen molar-refractivity contribution in [3.63, 3.8) is 0 Å². The third-order valence-corrected chi connectivity index (χ3v) is 7.43. The molecule has 0 aliphatic heterocycles. The van der Waals surface area contributed by atoms with E-state index in [1.165, 1.54) is 48.5 Å². The Kier molecular flexibility index (Phi) is 9.10. The van der Waals surface area contributed by atoms with Crippen molar-refractivity contribution in [2.24, 2.45) is 0 Å². The molecule has 0 unspecified atom stereocenters. The molecule has 0 aliphatic carbocycles. The molecule has 0 saturated carbocycles. The standard InChI is InChI=1S/C37H28F5NO/c1-2-3-4-5-24-8-14-29(15-9-24)37(41,42)44-30-16-19-33(36(40)22-30)28-13-18-32(35(39)21-28)27-12-17-31(34(38)20-27)26-10-6-25(23-43)7-11-26/h6-22H,2-5H2,1H3. The SMILES string of the molecule is CCCCCc1ccc(C(F)(F)Oc2ccc(-c3ccc(-c4ccc(-c5ccc(C#N)cc5)c(F)c4)c(F)c3)c(F)c2)cc1. The molecule has 44 heavy (non-hydrogen) atoms. The summed E-state index contributed by atoms with van der Waals surface area (Å²) in [5.74, 6) is -2.53. The van der Waals surface area contributed by atoms with Crippen molar-refractivity contribution in [2.75, 3.05) is 0 Å². The second kappa shape index (κ2) is 13.1. The first-order valence-corrected chi connectivity index (χ1v) is 14.2. The molecule has 5 rings (SSSR count). The average Bonchev–Trinajstić information content (AvgIpc) is 3.01. The molecule has 0 heterocycles. The number of hydrogen-bond acceptors (Lipinski definition) is 2. The number of nitriles is 1. The van der Waals surface area contributed by atoms with Crippen LogP contribution in [0.3, 0.4) is 0 Å². The minimum atomic E-state index is -3.69. The van der Waals surface area contributed by atoms with Crippen molar-refractivity contribution >= 4 is 0 Å². The Balaban J connectivity index is 1.31. The van der Waals surface area contributed by atoms with Crippen LogP contribution >= 0.6 is 0 Å². The highest BCUT2D eigenvalue weighted by Crippen LogP contribution is 2.36. The van der Waals surface area contributed by atoms with Crippen LogP contribution < -0.4 is 4.74 Å². The molecule has 222 valence electrons. The van der Waals surface area contributed by atoms with Gasteiger partial charge in [-0.05, 0) is 83.6 Å². The van der Waals surface area contributed by atoms with Crippen LogP contribution in [-0.2, 0) is 12.5 Å². The lowest BCUT2D eigenvalue weighted by molar-refractivity contribution is -0.185. The molecule has 2 nitrogen and oxygen atoms in total. The molecule has 0 radical (unpaired) electrons. The Labute approximate surface area is 253 Å². The van der Waals surface area contributed by atoms with Crippen molar-refractivity contribution in [2.45, 2.75) is 38.7 Å². The Hall–Kier alpha value is -4.96. The van der Waals surface area contributed by atoms with Gasteiger partial charge < -0.3 is 4.74 Å². The van der Waals surface area contributed by atoms with Gasteiger partial charge in [-0.2, -0.15) is 14.0 Å². The number of rotatable bonds is 10. The van der Waals surface area contributed by atoms with Gasteiger partial charge in [0.2, 0.25) is 0 Å². The summed E-state index contributed by atoms with van der Waals surface area (Å²) in [5, 5.41) is 8.96. The van der Waals surface area contributed by atoms with Gasteiger partial charge in [-0.1, -0.05) is 68.3 Å². The van der Waals surface area contributed by atoms with Crippen LogP contribution in [0.15, 0.2) is 103 Å². The van der Waals surface area contributed by atoms with Gasteiger partial charge in [0.1, 0.15) is 23.2 Å². The summed E-state index contributed by atoms with van der Waals surface area (Å²) in [6, 6.07) is 25.9. The minimum Gasteiger partial charge on any atom is -0.429 e. The Morgan fingerprint density at radius 2 is 1.16 bits per heavy atom. The fourth-order valence-corrected chi connectivity index (χ4v) is 5.00. The molecule has 0 aromatic heterocycles. The van der Waals surface area contributed by atoms with E-state index in [9.17, 15) is 13.2 Å². The molecule has 0 aliphatic rings. The van der Waals surface area contributed by atoms with Crippen LogP contribution in [0.4, 0.5) is 22.0 Å². The zero-order valence-electron chi connectivity index (χ0n) is 23.9. The number of ether oxygens (including phenoxy) is 1. The summed E-state index contributed by atoms with van der Waals surface area (Å²) in [4.78, 5) is 0. The van der Waals surface area contributed by atoms with E-state index in [4.69, 9.17) is 10.00 Å². The van der Waals surface area contributed by atoms with E-state index in [0.29, 0.717) is 16.7 Å². The van der Waals surface area contributed by atoms with Gasteiger partial charge in [0.15, 0.2) is 0 Å². The minimum absolute atomic E-state index is 0.00936. The van der Waals surface area contributed by atoms with Crippen molar-refractivity contribution in [3.05, 3.63) is 137 Å². The largest absolute Gasteiger partial charge is 0.429 e. The molecular weight excluding hydrogens is 569 g/mol. The second-order valence-corrected chi connectivity index (χ2v) is 10.5. The summed E-state index contributed by atoms with van der Waals surface area (Å²) in [6.07, 6.45) is 0.229. The maximum Gasteiger partial charge on any atom is 0.426 e. The monoisotopic (exact) mass is 597 g/mol. The molecule has 5 aromatic rings. The maximum absolute atomic E-state index is 15.2. The van der Waals surface area contributed by atoms with Gasteiger partial charge in [0.25, 0.3) is 0 Å². The summed E-state index contributed by atoms with van der Waals surface area (Å²) in [7, 11) is 0. The molecule has 0 N–H and O–H groups in total. The zero-order valence-corrected chi connectivity index (χ0v) is 23.9. The number of benzene rings is 5. The highest BCUT2D eigenvalue weighted by molar-refractivity contribution is 5.74. The smallest absolute Gasteiger partial charge is 0.426 e. The van der Waals surface area contributed by atoms with Crippen LogP contribution in [0.1, 0.15) is 42.9 Å². The fourth-order valence-electron chi connectivity index (χ4n) is 5.00. The number of unbranched alkanes of at least 4 members (excludes halogenated alkanes) is 2. The van der Waals surface area contributed by atoms with Crippen molar-refractivity contribution < 1.29 is 26.7 Å². The van der Waals surface area contributed by atoms with Crippen LogP contribution in [0.25, 0.3) is 33.4 Å². The molecule has 0 fully saturated rings. The Bertz CT molecular complexity index is 1810. The summed E-state index contributed by atoms with van der Waals surface area (Å²) >= 11 is 0. The van der Waals surface area contributed by atoms with E-state index in [0.717, 1.165) is 43.4 Å². The third-order valence-electron chi connectivity index (χ3n) is 7.43. The third kappa shape index (κ3) is 6.81. The zero-order chi connectivity index (χ0) is 31.3. The topological polar surface area (TPSA) is 33.0 Å². The van der Waals surface area contributed by atoms with Gasteiger partial charge in [-0.3, -0.25) is 0 Å². The number of nitrogens with zero attached hydrogens (tertiary/aromatic N) is 1. The molecule has 0 spiro atoms. The van der Waals surface area contributed by atoms with Crippen molar-refractivity contribution in [1.82, 2.24) is 0 Å². The quantitative estimate of drug-likeness (QED) is 0.119. The predicted molar refractivity (Wildman–Crippen MR) is 162 cm³/mol. The highest BCUT2D eigenvalue weighted by atomic mass is 19.3. The highest BCUT2D eigenvalue weighted by Gasteiger charge is 2.34. The molecular formula is C37H28F5NO. The lowest BCUT2D eigenvalue weighted by Gasteiger charge is -2.19. The molecule has 0 atom stereocenters. The van der Waals surface area contributed by atoms with Gasteiger partial charge in [-0.15, -0.1) is 0 Å². The summed E-state index contributed by atoms with van der Waals surface area (Å²) in [6.45, 7) is 2.09. The van der Waals surface area contributed by atoms with Gasteiger partial charge in [0.05, 0.1) is 17.2 Å². The number of hydrogen-bond donors (Lipinski definition) is 0. The van der Waals surface area contributed by atoms with Crippen molar-refractivity contribution in [1.29, 1.82) is 5.26 Å². The van der Waals surface area contributed by atoms with E-state index in [-0.39, 0.29) is 33.6 Å². The molecule has 0 amide bonds. The fraction of sp³-hybridized carbons (Fsp3) is 0.162. The Morgan fingerprint density at radius 1 is 0.636 bits per heavy atom. The van der Waals surface area contributed by atoms with Gasteiger partial charge in [-0.25, -0.2) is 13.2 Å². The summed E-state index contributed by atoms with van der Waals surface area (Å²) < 4.78 is 79.8. The van der Waals surface area contributed by atoms with Gasteiger partial charge >= 0.3 is 6.11 Å². The lowest BCUT2D eigenvalue weighted by Crippen LogP contribution is -2.22. The molecule has 7 heteroatoms. The van der Waals surface area contributed by atoms with E-state index < -0.39 is 23.6 Å². The first-order chi connectivity index (χ1) is 21.2. The normalized spacial score (nSPS) is 11.3. The van der Waals surface area contributed by atoms with E-state index in [1.54, 1.807) is 42.5 Å². The first kappa shape index (κ1) is 30.5. The predicted octanol–water partition coefficient (Wildman–Crippen LogP) is 10.8. The average molecular weight is 598 g/mol. The van der Waals surface area contributed by atoms with Crippen LogP contribution in [0.5, 0.6) is 5.75 Å². The summed E-state index contributed by atoms with van der Waals surface area (Å²) in [5.41, 5.74) is 2.48. The van der Waals surface area contributed by atoms with Gasteiger partial charge in [0, 0.05) is 22.8 Å². The number of alkyl halides is 2. The molecule has 5 aromatic carbocycles. The molecule has 0 saturated heterocycles. The first-order valence-electron chi connectivity index (χ1n) is 14.2. The lowest BCUT2D eigenvalue weighted by atomic mass is 9.96. The number of halogens is 5. The van der Waals surface area contributed by atoms with E-state index in [1.807, 2.05) is 6.07 Å². The van der Waals surface area contributed by atoms with Crippen LogP contribution in [-0.4, -0.2) is 0 Å². The van der Waals surface area contributed by atoms with E-state index >= 15 is 8.78 Å². The second-order valence-electron chi connectivity index (χ2n) is 10.5. The van der Waals surface area contributed by atoms with E-state index in [2.05, 4.69) is 6.92 Å². The van der Waals surface area contributed by atoms with Crippen LogP contribution in [0, 0.1) is 28.8 Å². The van der Waals surface area contributed by atoms with Crippen LogP contribution in [0.2, 0.25) is 0 Å². The van der Waals surface area contributed by atoms with Crippen molar-refractivity contribution in [3.8, 4) is 45.2 Å². The number of aryl methyl sites for hydroxylation is 1.